The first kappa shape index (κ1) is 25.9. The molecule has 0 aliphatic heterocycles. The summed E-state index contributed by atoms with van der Waals surface area (Å²) >= 11 is 0. The summed E-state index contributed by atoms with van der Waals surface area (Å²) in [4.78, 5) is 17.0. The SMILES string of the molecule is Cn1c(=O)n(C)c2cc(-c3c4ccccc4c(-c4ccc(-c5ccncc5)cc4)c4cc(-c5ccccc5)ccc34)ccc21. The van der Waals surface area contributed by atoms with Crippen LogP contribution in [0.5, 0.6) is 0 Å². The molecule has 0 bridgehead atoms. The molecule has 0 unspecified atom stereocenters. The Kier molecular flexibility index (Phi) is 6.02. The van der Waals surface area contributed by atoms with Crippen molar-refractivity contribution in [1.82, 2.24) is 14.1 Å². The highest BCUT2D eigenvalue weighted by atomic mass is 16.1. The van der Waals surface area contributed by atoms with Gasteiger partial charge in [0.2, 0.25) is 0 Å². The Bertz CT molecular complexity index is 2400. The van der Waals surface area contributed by atoms with Crippen molar-refractivity contribution >= 4 is 32.6 Å². The van der Waals surface area contributed by atoms with E-state index in [1.54, 1.807) is 9.13 Å². The van der Waals surface area contributed by atoms with E-state index in [1.165, 1.54) is 49.4 Å². The fraction of sp³-hybridized carbons (Fsp3) is 0.0500. The van der Waals surface area contributed by atoms with Gasteiger partial charge in [-0.3, -0.25) is 14.1 Å². The van der Waals surface area contributed by atoms with Gasteiger partial charge in [-0.25, -0.2) is 4.79 Å². The molecule has 4 heteroatoms. The quantitative estimate of drug-likeness (QED) is 0.199. The Morgan fingerprint density at radius 3 is 1.68 bits per heavy atom. The molecule has 0 spiro atoms. The molecule has 0 N–H and O–H groups in total. The Balaban J connectivity index is 1.45. The lowest BCUT2D eigenvalue weighted by Crippen LogP contribution is -2.19. The largest absolute Gasteiger partial charge is 0.328 e. The summed E-state index contributed by atoms with van der Waals surface area (Å²) in [6, 6.07) is 45.4. The van der Waals surface area contributed by atoms with E-state index < -0.39 is 0 Å². The highest BCUT2D eigenvalue weighted by Crippen LogP contribution is 2.45. The second-order valence-electron chi connectivity index (χ2n) is 11.3. The number of nitrogens with zero attached hydrogens (tertiary/aromatic N) is 3. The van der Waals surface area contributed by atoms with Gasteiger partial charge in [-0.1, -0.05) is 97.1 Å². The van der Waals surface area contributed by atoms with Crippen molar-refractivity contribution in [1.29, 1.82) is 0 Å². The molecular weight excluding hydrogens is 538 g/mol. The van der Waals surface area contributed by atoms with E-state index in [1.807, 2.05) is 38.6 Å². The standard InChI is InChI=1S/C40H29N3O/c1-42-36-19-17-31(25-37(36)43(2)40(42)44)39-33-11-7-6-10-32(33)38(29-14-12-27(13-15-29)28-20-22-41-23-21-28)35-24-30(16-18-34(35)39)26-8-4-3-5-9-26/h3-25H,1-2H3. The molecule has 0 saturated carbocycles. The topological polar surface area (TPSA) is 39.8 Å². The first-order chi connectivity index (χ1) is 21.6. The van der Waals surface area contributed by atoms with E-state index in [4.69, 9.17) is 0 Å². The average Bonchev–Trinajstić information content (AvgIpc) is 3.30. The zero-order valence-corrected chi connectivity index (χ0v) is 24.5. The van der Waals surface area contributed by atoms with Crippen molar-refractivity contribution in [3.63, 3.8) is 0 Å². The second-order valence-corrected chi connectivity index (χ2v) is 11.3. The Labute approximate surface area is 255 Å². The molecule has 44 heavy (non-hydrogen) atoms. The fourth-order valence-corrected chi connectivity index (χ4v) is 6.65. The number of benzene rings is 6. The van der Waals surface area contributed by atoms with Crippen LogP contribution in [-0.4, -0.2) is 14.1 Å². The number of fused-ring (bicyclic) bond motifs is 3. The molecule has 0 amide bonds. The molecule has 210 valence electrons. The van der Waals surface area contributed by atoms with Gasteiger partial charge in [-0.15, -0.1) is 0 Å². The van der Waals surface area contributed by atoms with Crippen LogP contribution in [0.3, 0.4) is 0 Å². The molecule has 0 atom stereocenters. The molecule has 0 aliphatic rings. The molecule has 0 fully saturated rings. The summed E-state index contributed by atoms with van der Waals surface area (Å²) in [5.41, 5.74) is 11.1. The minimum atomic E-state index is -0.0232. The van der Waals surface area contributed by atoms with Gasteiger partial charge in [-0.2, -0.15) is 0 Å². The minimum absolute atomic E-state index is 0.0232. The first-order valence-corrected chi connectivity index (χ1v) is 14.8. The second kappa shape index (κ2) is 10.2. The van der Waals surface area contributed by atoms with Crippen LogP contribution in [0.1, 0.15) is 0 Å². The molecule has 8 aromatic rings. The Hall–Kier alpha value is -5.74. The molecule has 8 rings (SSSR count). The monoisotopic (exact) mass is 567 g/mol. The lowest BCUT2D eigenvalue weighted by Gasteiger charge is -2.19. The van der Waals surface area contributed by atoms with Gasteiger partial charge >= 0.3 is 5.69 Å². The zero-order chi connectivity index (χ0) is 29.8. The maximum Gasteiger partial charge on any atom is 0.328 e. The molecule has 0 saturated heterocycles. The number of hydrogen-bond donors (Lipinski definition) is 0. The van der Waals surface area contributed by atoms with Crippen molar-refractivity contribution in [2.45, 2.75) is 0 Å². The molecule has 4 nitrogen and oxygen atoms in total. The van der Waals surface area contributed by atoms with Crippen LogP contribution in [0.25, 0.3) is 77.1 Å². The number of imidazole rings is 1. The van der Waals surface area contributed by atoms with E-state index in [0.29, 0.717) is 0 Å². The fourth-order valence-electron chi connectivity index (χ4n) is 6.65. The number of aromatic nitrogens is 3. The van der Waals surface area contributed by atoms with E-state index in [-0.39, 0.29) is 5.69 Å². The van der Waals surface area contributed by atoms with Crippen LogP contribution in [0, 0.1) is 0 Å². The zero-order valence-electron chi connectivity index (χ0n) is 24.5. The Morgan fingerprint density at radius 2 is 0.955 bits per heavy atom. The molecule has 6 aromatic carbocycles. The summed E-state index contributed by atoms with van der Waals surface area (Å²) in [5.74, 6) is 0. The van der Waals surface area contributed by atoms with Gasteiger partial charge in [0.05, 0.1) is 11.0 Å². The van der Waals surface area contributed by atoms with Gasteiger partial charge in [0.25, 0.3) is 0 Å². The minimum Gasteiger partial charge on any atom is -0.295 e. The number of rotatable bonds is 4. The van der Waals surface area contributed by atoms with Gasteiger partial charge in [0.15, 0.2) is 0 Å². The van der Waals surface area contributed by atoms with E-state index in [9.17, 15) is 4.79 Å². The van der Waals surface area contributed by atoms with Gasteiger partial charge in [0.1, 0.15) is 0 Å². The lowest BCUT2D eigenvalue weighted by atomic mass is 9.84. The summed E-state index contributed by atoms with van der Waals surface area (Å²) in [6.45, 7) is 0. The van der Waals surface area contributed by atoms with Crippen molar-refractivity contribution in [3.8, 4) is 44.5 Å². The summed E-state index contributed by atoms with van der Waals surface area (Å²) in [5, 5.41) is 4.75. The number of pyridine rings is 1. The molecular formula is C40H29N3O. The van der Waals surface area contributed by atoms with Gasteiger partial charge < -0.3 is 0 Å². The summed E-state index contributed by atoms with van der Waals surface area (Å²) in [6.07, 6.45) is 3.66. The van der Waals surface area contributed by atoms with E-state index in [2.05, 4.69) is 120 Å². The van der Waals surface area contributed by atoms with Crippen LogP contribution in [0.2, 0.25) is 0 Å². The van der Waals surface area contributed by atoms with Crippen molar-refractivity contribution in [3.05, 3.63) is 150 Å². The van der Waals surface area contributed by atoms with Gasteiger partial charge in [-0.05, 0) is 96.4 Å². The van der Waals surface area contributed by atoms with E-state index in [0.717, 1.165) is 27.7 Å². The maximum absolute atomic E-state index is 12.8. The first-order valence-electron chi connectivity index (χ1n) is 14.8. The summed E-state index contributed by atoms with van der Waals surface area (Å²) in [7, 11) is 3.67. The smallest absolute Gasteiger partial charge is 0.295 e. The van der Waals surface area contributed by atoms with Crippen molar-refractivity contribution in [2.75, 3.05) is 0 Å². The van der Waals surface area contributed by atoms with Crippen LogP contribution >= 0.6 is 0 Å². The average molecular weight is 568 g/mol. The number of aryl methyl sites for hydroxylation is 2. The highest BCUT2D eigenvalue weighted by molar-refractivity contribution is 6.22. The van der Waals surface area contributed by atoms with Crippen molar-refractivity contribution < 1.29 is 0 Å². The molecule has 2 aromatic heterocycles. The number of hydrogen-bond acceptors (Lipinski definition) is 2. The normalized spacial score (nSPS) is 11.5. The van der Waals surface area contributed by atoms with Crippen LogP contribution in [0.15, 0.2) is 145 Å². The van der Waals surface area contributed by atoms with Gasteiger partial charge in [0, 0.05) is 26.5 Å². The van der Waals surface area contributed by atoms with E-state index >= 15 is 0 Å². The van der Waals surface area contributed by atoms with Crippen LogP contribution < -0.4 is 5.69 Å². The predicted molar refractivity (Wildman–Crippen MR) is 183 cm³/mol. The maximum atomic E-state index is 12.8. The third-order valence-electron chi connectivity index (χ3n) is 8.88. The van der Waals surface area contributed by atoms with Crippen LogP contribution in [0.4, 0.5) is 0 Å². The van der Waals surface area contributed by atoms with Crippen molar-refractivity contribution in [2.24, 2.45) is 14.1 Å². The predicted octanol–water partition coefficient (Wildman–Crippen LogP) is 9.25. The summed E-state index contributed by atoms with van der Waals surface area (Å²) < 4.78 is 3.44. The molecule has 2 heterocycles. The third kappa shape index (κ3) is 4.07. The molecule has 0 aliphatic carbocycles. The van der Waals surface area contributed by atoms with Crippen LogP contribution in [-0.2, 0) is 14.1 Å². The third-order valence-corrected chi connectivity index (χ3v) is 8.88. The Morgan fingerprint density at radius 1 is 0.432 bits per heavy atom. The molecule has 0 radical (unpaired) electrons. The highest BCUT2D eigenvalue weighted by Gasteiger charge is 2.19. The lowest BCUT2D eigenvalue weighted by molar-refractivity contribution is 0.795.